The number of aryl methyl sites for hydroxylation is 1. The maximum Gasteiger partial charge on any atom is 0.248 e. The van der Waals surface area contributed by atoms with Crippen molar-refractivity contribution in [2.45, 2.75) is 51.1 Å². The minimum Gasteiger partial charge on any atom is -0.497 e. The van der Waals surface area contributed by atoms with Gasteiger partial charge in [-0.2, -0.15) is 0 Å². The normalized spacial score (nSPS) is 14.6. The van der Waals surface area contributed by atoms with Crippen LogP contribution < -0.4 is 15.0 Å². The van der Waals surface area contributed by atoms with Gasteiger partial charge in [0.1, 0.15) is 17.6 Å². The van der Waals surface area contributed by atoms with Crippen LogP contribution in [0.3, 0.4) is 0 Å². The summed E-state index contributed by atoms with van der Waals surface area (Å²) in [5, 5.41) is 5.05. The first-order chi connectivity index (χ1) is 16.5. The van der Waals surface area contributed by atoms with E-state index in [4.69, 9.17) is 4.74 Å². The molecule has 5 nitrogen and oxygen atoms in total. The van der Waals surface area contributed by atoms with E-state index in [1.165, 1.54) is 22.3 Å². The molecule has 178 valence electrons. The van der Waals surface area contributed by atoms with Crippen LogP contribution >= 0.6 is 11.3 Å². The third kappa shape index (κ3) is 5.47. The minimum absolute atomic E-state index is 0.0737. The Morgan fingerprint density at radius 1 is 1.15 bits per heavy atom. The Balaban J connectivity index is 1.80. The number of ether oxygens (including phenoxy) is 1. The highest BCUT2D eigenvalue weighted by Crippen LogP contribution is 2.32. The number of hydrogen-bond donors (Lipinski definition) is 1. The highest BCUT2D eigenvalue weighted by Gasteiger charge is 2.35. The van der Waals surface area contributed by atoms with Gasteiger partial charge in [0.15, 0.2) is 0 Å². The van der Waals surface area contributed by atoms with Gasteiger partial charge in [-0.15, -0.1) is 11.3 Å². The van der Waals surface area contributed by atoms with E-state index in [0.717, 1.165) is 30.6 Å². The van der Waals surface area contributed by atoms with Crippen LogP contribution in [0.15, 0.2) is 60.0 Å². The molecule has 1 aromatic heterocycles. The number of benzene rings is 2. The first-order valence-corrected chi connectivity index (χ1v) is 12.4. The second-order valence-electron chi connectivity index (χ2n) is 8.62. The topological polar surface area (TPSA) is 58.6 Å². The summed E-state index contributed by atoms with van der Waals surface area (Å²) in [5.41, 5.74) is 1.43. The number of rotatable bonds is 8. The SMILES string of the molecule is COc1cccc(C(C(=O)NC2CCCC2)N(C(=O)Cc2cccs2)c2ccc(C)c(F)c2)c1. The number of nitrogens with one attached hydrogen (secondary N) is 1. The fourth-order valence-corrected chi connectivity index (χ4v) is 5.09. The van der Waals surface area contributed by atoms with Gasteiger partial charge < -0.3 is 10.1 Å². The lowest BCUT2D eigenvalue weighted by molar-refractivity contribution is -0.127. The number of amides is 2. The molecule has 0 bridgehead atoms. The van der Waals surface area contributed by atoms with Crippen LogP contribution in [0.1, 0.15) is 47.7 Å². The van der Waals surface area contributed by atoms with Crippen molar-refractivity contribution in [2.75, 3.05) is 12.0 Å². The van der Waals surface area contributed by atoms with Crippen LogP contribution in [0.4, 0.5) is 10.1 Å². The van der Waals surface area contributed by atoms with Crippen LogP contribution in [-0.2, 0) is 16.0 Å². The average molecular weight is 481 g/mol. The van der Waals surface area contributed by atoms with E-state index in [1.807, 2.05) is 17.5 Å². The van der Waals surface area contributed by atoms with Crippen LogP contribution in [0.25, 0.3) is 0 Å². The maximum atomic E-state index is 14.6. The molecule has 1 fully saturated rings. The van der Waals surface area contributed by atoms with E-state index < -0.39 is 11.9 Å². The van der Waals surface area contributed by atoms with Crippen LogP contribution in [0.2, 0.25) is 0 Å². The predicted octanol–water partition coefficient (Wildman–Crippen LogP) is 5.58. The first-order valence-electron chi connectivity index (χ1n) is 11.5. The van der Waals surface area contributed by atoms with Gasteiger partial charge in [-0.05, 0) is 66.6 Å². The number of carbonyl (C=O) groups excluding carboxylic acids is 2. The molecule has 1 aliphatic carbocycles. The molecule has 1 saturated carbocycles. The summed E-state index contributed by atoms with van der Waals surface area (Å²) in [6.45, 7) is 1.67. The average Bonchev–Trinajstić information content (AvgIpc) is 3.53. The van der Waals surface area contributed by atoms with E-state index >= 15 is 0 Å². The molecule has 0 radical (unpaired) electrons. The second kappa shape index (κ2) is 10.8. The predicted molar refractivity (Wildman–Crippen MR) is 133 cm³/mol. The van der Waals surface area contributed by atoms with Crippen LogP contribution in [0.5, 0.6) is 5.75 Å². The van der Waals surface area contributed by atoms with E-state index in [9.17, 15) is 14.0 Å². The minimum atomic E-state index is -0.967. The van der Waals surface area contributed by atoms with Crippen molar-refractivity contribution in [3.8, 4) is 5.75 Å². The Morgan fingerprint density at radius 2 is 1.94 bits per heavy atom. The maximum absolute atomic E-state index is 14.6. The molecule has 1 heterocycles. The number of nitrogens with zero attached hydrogens (tertiary/aromatic N) is 1. The third-order valence-electron chi connectivity index (χ3n) is 6.23. The van der Waals surface area contributed by atoms with Gasteiger partial charge in [0.25, 0.3) is 0 Å². The van der Waals surface area contributed by atoms with Gasteiger partial charge in [-0.3, -0.25) is 14.5 Å². The third-order valence-corrected chi connectivity index (χ3v) is 7.10. The Morgan fingerprint density at radius 3 is 2.62 bits per heavy atom. The van der Waals surface area contributed by atoms with Crippen molar-refractivity contribution in [1.29, 1.82) is 0 Å². The van der Waals surface area contributed by atoms with E-state index in [0.29, 0.717) is 22.6 Å². The molecular formula is C27H29FN2O3S. The van der Waals surface area contributed by atoms with Crippen molar-refractivity contribution >= 4 is 28.8 Å². The molecule has 0 aliphatic heterocycles. The lowest BCUT2D eigenvalue weighted by Gasteiger charge is -2.32. The molecule has 1 N–H and O–H groups in total. The van der Waals surface area contributed by atoms with Crippen molar-refractivity contribution in [1.82, 2.24) is 5.32 Å². The number of thiophene rings is 1. The molecule has 1 atom stereocenters. The highest BCUT2D eigenvalue weighted by molar-refractivity contribution is 7.10. The molecule has 7 heteroatoms. The summed E-state index contributed by atoms with van der Waals surface area (Å²) in [6, 6.07) is 14.7. The summed E-state index contributed by atoms with van der Waals surface area (Å²) in [4.78, 5) is 29.8. The zero-order chi connectivity index (χ0) is 24.1. The molecular weight excluding hydrogens is 451 g/mol. The fourth-order valence-electron chi connectivity index (χ4n) is 4.40. The number of hydrogen-bond acceptors (Lipinski definition) is 4. The van der Waals surface area contributed by atoms with E-state index in [1.54, 1.807) is 50.4 Å². The molecule has 0 spiro atoms. The zero-order valence-electron chi connectivity index (χ0n) is 19.4. The summed E-state index contributed by atoms with van der Waals surface area (Å²) in [7, 11) is 1.56. The van der Waals surface area contributed by atoms with Crippen molar-refractivity contribution < 1.29 is 18.7 Å². The Kier molecular flexibility index (Phi) is 7.63. The largest absolute Gasteiger partial charge is 0.497 e. The van der Waals surface area contributed by atoms with Crippen molar-refractivity contribution in [2.24, 2.45) is 0 Å². The lowest BCUT2D eigenvalue weighted by atomic mass is 10.0. The molecule has 2 amide bonds. The van der Waals surface area contributed by atoms with Gasteiger partial charge in [0.2, 0.25) is 11.8 Å². The van der Waals surface area contributed by atoms with Gasteiger partial charge in [-0.25, -0.2) is 4.39 Å². The van der Waals surface area contributed by atoms with Gasteiger partial charge >= 0.3 is 0 Å². The summed E-state index contributed by atoms with van der Waals surface area (Å²) in [6.07, 6.45) is 4.08. The second-order valence-corrected chi connectivity index (χ2v) is 9.65. The number of anilines is 1. The molecule has 4 rings (SSSR count). The number of halogens is 1. The van der Waals surface area contributed by atoms with E-state index in [2.05, 4.69) is 5.32 Å². The van der Waals surface area contributed by atoms with Gasteiger partial charge in [0.05, 0.1) is 13.5 Å². The van der Waals surface area contributed by atoms with Gasteiger partial charge in [-0.1, -0.05) is 37.1 Å². The fraction of sp³-hybridized carbons (Fsp3) is 0.333. The highest BCUT2D eigenvalue weighted by atomic mass is 32.1. The first kappa shape index (κ1) is 24.0. The molecule has 34 heavy (non-hydrogen) atoms. The molecule has 1 aliphatic rings. The quantitative estimate of drug-likeness (QED) is 0.458. The summed E-state index contributed by atoms with van der Waals surface area (Å²) >= 11 is 1.48. The van der Waals surface area contributed by atoms with Crippen molar-refractivity contribution in [3.63, 3.8) is 0 Å². The molecule has 0 saturated heterocycles. The zero-order valence-corrected chi connectivity index (χ0v) is 20.2. The summed E-state index contributed by atoms with van der Waals surface area (Å²) < 4.78 is 20.0. The lowest BCUT2D eigenvalue weighted by Crippen LogP contribution is -2.47. The molecule has 2 aromatic carbocycles. The molecule has 3 aromatic rings. The summed E-state index contributed by atoms with van der Waals surface area (Å²) in [5.74, 6) is -0.398. The van der Waals surface area contributed by atoms with E-state index in [-0.39, 0.29) is 24.3 Å². The van der Waals surface area contributed by atoms with Crippen LogP contribution in [0, 0.1) is 12.7 Å². The monoisotopic (exact) mass is 480 g/mol. The van der Waals surface area contributed by atoms with Gasteiger partial charge in [0, 0.05) is 16.6 Å². The van der Waals surface area contributed by atoms with Crippen molar-refractivity contribution in [3.05, 3.63) is 81.8 Å². The number of methoxy groups -OCH3 is 1. The Bertz CT molecular complexity index is 1140. The number of carbonyl (C=O) groups is 2. The smallest absolute Gasteiger partial charge is 0.248 e. The molecule has 1 unspecified atom stereocenters. The Labute approximate surface area is 203 Å². The van der Waals surface area contributed by atoms with Crippen LogP contribution in [-0.4, -0.2) is 25.0 Å². The Hall–Kier alpha value is -3.19. The standard InChI is InChI=1S/C27H29FN2O3S/c1-18-12-13-21(16-24(18)28)30(25(31)17-23-11-6-14-34-23)26(19-7-5-10-22(15-19)33-2)27(32)29-20-8-3-4-9-20/h5-7,10-16,20,26H,3-4,8-9,17H2,1-2H3,(H,29,32).